The van der Waals surface area contributed by atoms with E-state index in [2.05, 4.69) is 65.8 Å². The Morgan fingerprint density at radius 1 is 0.574 bits per heavy atom. The van der Waals surface area contributed by atoms with Gasteiger partial charge in [-0.2, -0.15) is 0 Å². The lowest BCUT2D eigenvalue weighted by molar-refractivity contribution is -0.0275. The number of Topliss-reactive ketones (excluding diaryl/α,β-unsaturated/α-hetero) is 1. The maximum absolute atomic E-state index is 14.2. The number of esters is 1. The van der Waals surface area contributed by atoms with Crippen molar-refractivity contribution in [3.05, 3.63) is 125 Å². The number of rotatable bonds is 21. The van der Waals surface area contributed by atoms with Gasteiger partial charge in [0.25, 0.3) is 0 Å². The second-order valence-corrected chi connectivity index (χ2v) is 15.8. The molecule has 0 aliphatic rings. The number of hydrogen-bond donors (Lipinski definition) is 0. The molecule has 0 spiro atoms. The molecule has 4 aromatic carbocycles. The van der Waals surface area contributed by atoms with Crippen molar-refractivity contribution < 1.29 is 23.8 Å². The van der Waals surface area contributed by atoms with Crippen LogP contribution in [0.2, 0.25) is 0 Å². The van der Waals surface area contributed by atoms with Gasteiger partial charge in [0.15, 0.2) is 5.78 Å². The van der Waals surface area contributed by atoms with Gasteiger partial charge in [0, 0.05) is 5.56 Å². The van der Waals surface area contributed by atoms with Crippen LogP contribution < -0.4 is 14.2 Å². The fraction of sp³-hybridized carbons (Fsp3) is 0.469. The largest absolute Gasteiger partial charge is 0.488 e. The molecule has 0 radical (unpaired) electrons. The van der Waals surface area contributed by atoms with Crippen molar-refractivity contribution in [1.82, 2.24) is 0 Å². The zero-order valence-corrected chi connectivity index (χ0v) is 34.4. The summed E-state index contributed by atoms with van der Waals surface area (Å²) in [5.41, 5.74) is 2.81. The first kappa shape index (κ1) is 42.4. The Kier molecular flexibility index (Phi) is 15.1. The maximum atomic E-state index is 14.2. The molecule has 0 saturated heterocycles. The highest BCUT2D eigenvalue weighted by Gasteiger charge is 2.50. The molecular formula is C49H64O5. The first-order chi connectivity index (χ1) is 25.8. The maximum Gasteiger partial charge on any atom is 0.343 e. The van der Waals surface area contributed by atoms with E-state index in [1.165, 1.54) is 36.8 Å². The number of hydrogen-bond acceptors (Lipinski definition) is 5. The predicted molar refractivity (Wildman–Crippen MR) is 222 cm³/mol. The van der Waals surface area contributed by atoms with Crippen LogP contribution >= 0.6 is 0 Å². The SMILES string of the molecule is CCCCCC(C)Cc1ccc(O[C@@](C)(CC)C(C)(CC)C(=O)c2ccc(C(=O)Oc3ccc(Cc4ccc(OC(C)(CC)CC)cc4)cc3)cc2)cc1. The third-order valence-corrected chi connectivity index (χ3v) is 11.9. The summed E-state index contributed by atoms with van der Waals surface area (Å²) in [5, 5.41) is 0. The summed E-state index contributed by atoms with van der Waals surface area (Å²) in [6.45, 7) is 19.2. The summed E-state index contributed by atoms with van der Waals surface area (Å²) in [6.07, 6.45) is 10.0. The number of benzene rings is 4. The summed E-state index contributed by atoms with van der Waals surface area (Å²) in [6, 6.07) is 31.0. The zero-order valence-electron chi connectivity index (χ0n) is 34.4. The molecular weight excluding hydrogens is 669 g/mol. The monoisotopic (exact) mass is 732 g/mol. The molecule has 0 heterocycles. The molecule has 0 fully saturated rings. The average molecular weight is 733 g/mol. The first-order valence-corrected chi connectivity index (χ1v) is 20.3. The molecule has 5 nitrogen and oxygen atoms in total. The molecule has 0 N–H and O–H groups in total. The van der Waals surface area contributed by atoms with Crippen LogP contribution in [0.4, 0.5) is 0 Å². The summed E-state index contributed by atoms with van der Waals surface area (Å²) >= 11 is 0. The number of carbonyl (C=O) groups excluding carboxylic acids is 2. The molecule has 54 heavy (non-hydrogen) atoms. The molecule has 2 unspecified atom stereocenters. The summed E-state index contributed by atoms with van der Waals surface area (Å²) < 4.78 is 18.6. The molecule has 3 atom stereocenters. The van der Waals surface area contributed by atoms with Gasteiger partial charge in [0.05, 0.1) is 11.0 Å². The van der Waals surface area contributed by atoms with E-state index in [4.69, 9.17) is 14.2 Å². The van der Waals surface area contributed by atoms with E-state index in [0.717, 1.165) is 42.7 Å². The van der Waals surface area contributed by atoms with Gasteiger partial charge in [-0.1, -0.05) is 116 Å². The molecule has 0 aliphatic carbocycles. The van der Waals surface area contributed by atoms with Crippen LogP contribution in [0, 0.1) is 11.3 Å². The average Bonchev–Trinajstić information content (AvgIpc) is 3.19. The minimum absolute atomic E-state index is 0.00931. The fourth-order valence-electron chi connectivity index (χ4n) is 7.06. The van der Waals surface area contributed by atoms with Crippen molar-refractivity contribution in [3.8, 4) is 17.2 Å². The van der Waals surface area contributed by atoms with E-state index in [9.17, 15) is 9.59 Å². The van der Waals surface area contributed by atoms with Gasteiger partial charge in [0.2, 0.25) is 0 Å². The smallest absolute Gasteiger partial charge is 0.343 e. The van der Waals surface area contributed by atoms with Gasteiger partial charge in [-0.25, -0.2) is 4.79 Å². The fourth-order valence-corrected chi connectivity index (χ4v) is 7.06. The van der Waals surface area contributed by atoms with Gasteiger partial charge >= 0.3 is 5.97 Å². The van der Waals surface area contributed by atoms with Crippen LogP contribution in [0.15, 0.2) is 97.1 Å². The summed E-state index contributed by atoms with van der Waals surface area (Å²) in [4.78, 5) is 27.3. The lowest BCUT2D eigenvalue weighted by Gasteiger charge is -2.44. The van der Waals surface area contributed by atoms with Crippen LogP contribution in [0.25, 0.3) is 0 Å². The highest BCUT2D eigenvalue weighted by atomic mass is 16.5. The Morgan fingerprint density at radius 3 is 1.57 bits per heavy atom. The quantitative estimate of drug-likeness (QED) is 0.0369. The number of unbranched alkanes of at least 4 members (excludes halogenated alkanes) is 2. The van der Waals surface area contributed by atoms with E-state index >= 15 is 0 Å². The predicted octanol–water partition coefficient (Wildman–Crippen LogP) is 13.1. The van der Waals surface area contributed by atoms with E-state index in [-0.39, 0.29) is 11.4 Å². The van der Waals surface area contributed by atoms with Gasteiger partial charge in [-0.3, -0.25) is 4.79 Å². The normalized spacial score (nSPS) is 14.4. The molecule has 5 heteroatoms. The number of ketones is 1. The van der Waals surface area contributed by atoms with Crippen LogP contribution in [0.3, 0.4) is 0 Å². The molecule has 4 aromatic rings. The molecule has 0 saturated carbocycles. The Hall–Kier alpha value is -4.38. The lowest BCUT2D eigenvalue weighted by atomic mass is 9.66. The second-order valence-electron chi connectivity index (χ2n) is 15.8. The van der Waals surface area contributed by atoms with E-state index in [1.807, 2.05) is 69.3 Å². The highest BCUT2D eigenvalue weighted by Crippen LogP contribution is 2.43. The van der Waals surface area contributed by atoms with Crippen LogP contribution in [-0.2, 0) is 12.8 Å². The van der Waals surface area contributed by atoms with Gasteiger partial charge in [0.1, 0.15) is 28.5 Å². The third kappa shape index (κ3) is 10.9. The molecule has 290 valence electrons. The zero-order chi connectivity index (χ0) is 39.4. The molecule has 0 amide bonds. The minimum atomic E-state index is -0.806. The van der Waals surface area contributed by atoms with Crippen molar-refractivity contribution in [3.63, 3.8) is 0 Å². The van der Waals surface area contributed by atoms with Gasteiger partial charge < -0.3 is 14.2 Å². The standard InChI is InChI=1S/C49H64O5/c1-10-15-16-17-36(6)34-37-20-32-44(33-21-37)54-49(9,14-5)48(8,13-4)45(50)40-24-26-41(27-25-40)46(51)52-42-28-18-38(19-29-42)35-39-22-30-43(31-23-39)53-47(7,11-2)12-3/h18-33,36H,10-17,34-35H2,1-9H3/t36?,48?,49-/m0/s1. The third-order valence-electron chi connectivity index (χ3n) is 11.9. The van der Waals surface area contributed by atoms with Crippen LogP contribution in [-0.4, -0.2) is 23.0 Å². The lowest BCUT2D eigenvalue weighted by Crippen LogP contribution is -2.52. The van der Waals surface area contributed by atoms with Gasteiger partial charge in [-0.15, -0.1) is 0 Å². The van der Waals surface area contributed by atoms with Crippen molar-refractivity contribution in [2.75, 3.05) is 0 Å². The van der Waals surface area contributed by atoms with Crippen molar-refractivity contribution >= 4 is 11.8 Å². The van der Waals surface area contributed by atoms with Crippen LogP contribution in [0.1, 0.15) is 151 Å². The van der Waals surface area contributed by atoms with Crippen molar-refractivity contribution in [2.24, 2.45) is 11.3 Å². The Morgan fingerprint density at radius 2 is 1.07 bits per heavy atom. The molecule has 0 aromatic heterocycles. The van der Waals surface area contributed by atoms with Gasteiger partial charge in [-0.05, 0) is 130 Å². The molecule has 0 aliphatic heterocycles. The number of carbonyl (C=O) groups is 2. The topological polar surface area (TPSA) is 61.8 Å². The summed E-state index contributed by atoms with van der Waals surface area (Å²) in [7, 11) is 0. The minimum Gasteiger partial charge on any atom is -0.488 e. The summed E-state index contributed by atoms with van der Waals surface area (Å²) in [5.74, 6) is 2.29. The highest BCUT2D eigenvalue weighted by molar-refractivity contribution is 6.02. The first-order valence-electron chi connectivity index (χ1n) is 20.3. The van der Waals surface area contributed by atoms with E-state index in [1.54, 1.807) is 24.3 Å². The van der Waals surface area contributed by atoms with Crippen LogP contribution in [0.5, 0.6) is 17.2 Å². The Balaban J connectivity index is 1.36. The van der Waals surface area contributed by atoms with E-state index in [0.29, 0.717) is 35.6 Å². The second kappa shape index (κ2) is 19.3. The van der Waals surface area contributed by atoms with Crippen molar-refractivity contribution in [1.29, 1.82) is 0 Å². The Bertz CT molecular complexity index is 1750. The molecule has 4 rings (SSSR count). The molecule has 0 bridgehead atoms. The number of ether oxygens (including phenoxy) is 3. The Labute approximate surface area is 325 Å². The van der Waals surface area contributed by atoms with Crippen molar-refractivity contribution in [2.45, 2.75) is 138 Å². The van der Waals surface area contributed by atoms with E-state index < -0.39 is 17.0 Å².